The van der Waals surface area contributed by atoms with Crippen molar-refractivity contribution in [3.8, 4) is 0 Å². The lowest BCUT2D eigenvalue weighted by Gasteiger charge is -2.35. The molecule has 0 spiro atoms. The van der Waals surface area contributed by atoms with Crippen molar-refractivity contribution in [3.05, 3.63) is 51.0 Å². The van der Waals surface area contributed by atoms with Gasteiger partial charge >= 0.3 is 6.09 Å². The largest absolute Gasteiger partial charge is 0.445 e. The van der Waals surface area contributed by atoms with Crippen molar-refractivity contribution in [2.24, 2.45) is 0 Å². The van der Waals surface area contributed by atoms with Gasteiger partial charge in [-0.15, -0.1) is 11.3 Å². The van der Waals surface area contributed by atoms with Gasteiger partial charge in [0.05, 0.1) is 17.7 Å². The molecule has 1 aliphatic heterocycles. The molecule has 1 N–H and O–H groups in total. The first kappa shape index (κ1) is 23.4. The van der Waals surface area contributed by atoms with Crippen molar-refractivity contribution < 1.29 is 24.4 Å². The van der Waals surface area contributed by atoms with Gasteiger partial charge in [0.25, 0.3) is 11.6 Å². The smallest absolute Gasteiger partial charge is 0.411 e. The third kappa shape index (κ3) is 5.71. The minimum absolute atomic E-state index is 0.0288. The fraction of sp³-hybridized carbons (Fsp3) is 0.450. The van der Waals surface area contributed by atoms with Gasteiger partial charge < -0.3 is 19.6 Å². The minimum atomic E-state index is -0.620. The molecule has 1 fully saturated rings. The van der Waals surface area contributed by atoms with E-state index in [-0.39, 0.29) is 31.0 Å². The van der Waals surface area contributed by atoms with E-state index < -0.39 is 11.0 Å². The Morgan fingerprint density at radius 2 is 2.03 bits per heavy atom. The molecule has 12 heteroatoms. The van der Waals surface area contributed by atoms with Crippen molar-refractivity contribution in [3.63, 3.8) is 0 Å². The molecule has 0 aliphatic carbocycles. The van der Waals surface area contributed by atoms with Crippen LogP contribution in [-0.2, 0) is 11.3 Å². The number of ether oxygens (including phenoxy) is 1. The molecule has 0 atom stereocenters. The van der Waals surface area contributed by atoms with Gasteiger partial charge in [-0.2, -0.15) is 0 Å². The van der Waals surface area contributed by atoms with Gasteiger partial charge in [-0.3, -0.25) is 19.8 Å². The molecule has 2 aromatic rings. The van der Waals surface area contributed by atoms with E-state index >= 15 is 0 Å². The maximum atomic E-state index is 12.9. The zero-order chi connectivity index (χ0) is 23.3. The van der Waals surface area contributed by atoms with Crippen LogP contribution < -0.4 is 4.90 Å². The molecule has 32 heavy (non-hydrogen) atoms. The quantitative estimate of drug-likeness (QED) is 0.341. The fourth-order valence-corrected chi connectivity index (χ4v) is 3.89. The molecule has 172 valence electrons. The second kappa shape index (κ2) is 10.4. The van der Waals surface area contributed by atoms with Gasteiger partial charge in [-0.1, -0.05) is 6.92 Å². The Morgan fingerprint density at radius 1 is 1.34 bits per heavy atom. The highest BCUT2D eigenvalue weighted by atomic mass is 32.1. The van der Waals surface area contributed by atoms with Crippen LogP contribution in [0.25, 0.3) is 0 Å². The van der Waals surface area contributed by atoms with Crippen LogP contribution in [0, 0.1) is 10.1 Å². The number of rotatable bonds is 9. The number of hydrogen-bond donors (Lipinski definition) is 1. The standard InChI is InChI=1S/C20H25N5O6S/c1-3-8-23(18(27)17-12-32-19(21-17)24-9-16(26)10-24)13-22(2)20(28)31-11-14-4-6-15(7-5-14)25(29)30/h4-7,12,16,26H,3,8-11,13H2,1-2H3. The predicted molar refractivity (Wildman–Crippen MR) is 118 cm³/mol. The number of nitrogens with zero attached hydrogens (tertiary/aromatic N) is 5. The average Bonchev–Trinajstić information content (AvgIpc) is 3.24. The Bertz CT molecular complexity index is 960. The summed E-state index contributed by atoms with van der Waals surface area (Å²) in [7, 11) is 1.53. The molecule has 11 nitrogen and oxygen atoms in total. The number of carbonyl (C=O) groups is 2. The van der Waals surface area contributed by atoms with E-state index in [4.69, 9.17) is 4.74 Å². The summed E-state index contributed by atoms with van der Waals surface area (Å²) in [5.74, 6) is -0.287. The first-order valence-corrected chi connectivity index (χ1v) is 11.0. The molecule has 2 heterocycles. The molecule has 1 aromatic carbocycles. The number of benzene rings is 1. The lowest BCUT2D eigenvalue weighted by molar-refractivity contribution is -0.384. The Balaban J connectivity index is 1.55. The van der Waals surface area contributed by atoms with Crippen LogP contribution in [0.2, 0.25) is 0 Å². The van der Waals surface area contributed by atoms with Crippen molar-refractivity contribution in [2.45, 2.75) is 26.1 Å². The lowest BCUT2D eigenvalue weighted by Crippen LogP contribution is -2.50. The Morgan fingerprint density at radius 3 is 2.62 bits per heavy atom. The molecule has 3 rings (SSSR count). The van der Waals surface area contributed by atoms with Crippen LogP contribution >= 0.6 is 11.3 Å². The Kier molecular flexibility index (Phi) is 7.59. The number of non-ortho nitro benzene ring substituents is 1. The molecule has 0 bridgehead atoms. The summed E-state index contributed by atoms with van der Waals surface area (Å²) in [6.07, 6.45) is -0.279. The number of anilines is 1. The Labute approximate surface area is 189 Å². The molecule has 1 aliphatic rings. The zero-order valence-corrected chi connectivity index (χ0v) is 18.7. The highest BCUT2D eigenvalue weighted by molar-refractivity contribution is 7.14. The third-order valence-electron chi connectivity index (χ3n) is 4.83. The number of aliphatic hydroxyl groups is 1. The van der Waals surface area contributed by atoms with E-state index in [1.54, 1.807) is 5.38 Å². The number of β-amino-alcohol motifs (C(OH)–C–C–N with tert-alkyl or cyclic N) is 1. The van der Waals surface area contributed by atoms with Crippen molar-refractivity contribution in [1.29, 1.82) is 0 Å². The minimum Gasteiger partial charge on any atom is -0.445 e. The number of nitro groups is 1. The van der Waals surface area contributed by atoms with Gasteiger partial charge in [-0.05, 0) is 24.1 Å². The number of amides is 2. The van der Waals surface area contributed by atoms with Crippen LogP contribution in [0.3, 0.4) is 0 Å². The number of nitro benzene ring substituents is 1. The molecule has 0 saturated carbocycles. The molecule has 0 radical (unpaired) electrons. The number of aromatic nitrogens is 1. The SMILES string of the molecule is CCCN(CN(C)C(=O)OCc1ccc([N+](=O)[O-])cc1)C(=O)c1csc(N2CC(O)C2)n1. The zero-order valence-electron chi connectivity index (χ0n) is 17.8. The van der Waals surface area contributed by atoms with E-state index in [9.17, 15) is 24.8 Å². The molecule has 1 aromatic heterocycles. The van der Waals surface area contributed by atoms with E-state index in [2.05, 4.69) is 4.98 Å². The van der Waals surface area contributed by atoms with Crippen LogP contribution in [0.5, 0.6) is 0 Å². The second-order valence-corrected chi connectivity index (χ2v) is 8.30. The van der Waals surface area contributed by atoms with Crippen molar-refractivity contribution >= 4 is 34.2 Å². The van der Waals surface area contributed by atoms with Crippen molar-refractivity contribution in [1.82, 2.24) is 14.8 Å². The molecule has 0 unspecified atom stereocenters. The van der Waals surface area contributed by atoms with Crippen LogP contribution in [-0.4, -0.2) is 76.3 Å². The van der Waals surface area contributed by atoms with Gasteiger partial charge in [0.1, 0.15) is 12.3 Å². The van der Waals surface area contributed by atoms with Crippen LogP contribution in [0.15, 0.2) is 29.6 Å². The monoisotopic (exact) mass is 463 g/mol. The first-order chi connectivity index (χ1) is 15.3. The summed E-state index contributed by atoms with van der Waals surface area (Å²) in [6.45, 7) is 3.36. The van der Waals surface area contributed by atoms with E-state index in [0.29, 0.717) is 42.4 Å². The maximum absolute atomic E-state index is 12.9. The summed E-state index contributed by atoms with van der Waals surface area (Å²) >= 11 is 1.34. The van der Waals surface area contributed by atoms with Gasteiger partial charge in [-0.25, -0.2) is 9.78 Å². The summed E-state index contributed by atoms with van der Waals surface area (Å²) in [5, 5.41) is 22.5. The molecular weight excluding hydrogens is 438 g/mol. The average molecular weight is 464 g/mol. The highest BCUT2D eigenvalue weighted by Crippen LogP contribution is 2.25. The van der Waals surface area contributed by atoms with Crippen LogP contribution in [0.1, 0.15) is 29.4 Å². The third-order valence-corrected chi connectivity index (χ3v) is 5.73. The van der Waals surface area contributed by atoms with E-state index in [0.717, 1.165) is 0 Å². The van der Waals surface area contributed by atoms with E-state index in [1.165, 1.54) is 52.4 Å². The Hall–Kier alpha value is -3.25. The lowest BCUT2D eigenvalue weighted by atomic mass is 10.2. The molecule has 1 saturated heterocycles. The summed E-state index contributed by atoms with van der Waals surface area (Å²) < 4.78 is 5.26. The number of aliphatic hydroxyl groups excluding tert-OH is 1. The number of hydrogen-bond acceptors (Lipinski definition) is 9. The van der Waals surface area contributed by atoms with Gasteiger partial charge in [0.2, 0.25) is 0 Å². The predicted octanol–water partition coefficient (Wildman–Crippen LogP) is 2.31. The summed E-state index contributed by atoms with van der Waals surface area (Å²) in [6, 6.07) is 5.74. The van der Waals surface area contributed by atoms with Gasteiger partial charge in [0, 0.05) is 44.2 Å². The maximum Gasteiger partial charge on any atom is 0.411 e. The summed E-state index contributed by atoms with van der Waals surface area (Å²) in [5.41, 5.74) is 0.874. The summed E-state index contributed by atoms with van der Waals surface area (Å²) in [4.78, 5) is 44.6. The molecular formula is C20H25N5O6S. The van der Waals surface area contributed by atoms with E-state index in [1.807, 2.05) is 11.8 Å². The highest BCUT2D eigenvalue weighted by Gasteiger charge is 2.28. The van der Waals surface area contributed by atoms with Crippen LogP contribution in [0.4, 0.5) is 15.6 Å². The number of carbonyl (C=O) groups excluding carboxylic acids is 2. The second-order valence-electron chi connectivity index (χ2n) is 7.46. The molecule has 2 amide bonds. The van der Waals surface area contributed by atoms with Crippen molar-refractivity contribution in [2.75, 3.05) is 38.3 Å². The topological polar surface area (TPSA) is 129 Å². The fourth-order valence-electron chi connectivity index (χ4n) is 3.07. The first-order valence-electron chi connectivity index (χ1n) is 10.1. The van der Waals surface area contributed by atoms with Gasteiger partial charge in [0.15, 0.2) is 5.13 Å². The normalized spacial score (nSPS) is 13.4. The number of thiazole rings is 1.